The molecule has 8 nitrogen and oxygen atoms in total. The molecule has 30 heavy (non-hydrogen) atoms. The van der Waals surface area contributed by atoms with Crippen LogP contribution in [-0.2, 0) is 17.6 Å². The van der Waals surface area contributed by atoms with Gasteiger partial charge < -0.3 is 31.1 Å². The number of ether oxygens (including phenoxy) is 1. The van der Waals surface area contributed by atoms with Gasteiger partial charge in [0.2, 0.25) is 0 Å². The Morgan fingerprint density at radius 1 is 1.37 bits per heavy atom. The molecule has 0 radical (unpaired) electrons. The molecule has 1 aliphatic carbocycles. The highest BCUT2D eigenvalue weighted by Gasteiger charge is 2.23. The summed E-state index contributed by atoms with van der Waals surface area (Å²) in [7, 11) is 2.60. The number of aromatic nitrogens is 2. The number of fused-ring (bicyclic) bond motifs is 3. The minimum absolute atomic E-state index is 0.511. The molecular formula is C21H27N5O3S. The van der Waals surface area contributed by atoms with Crippen LogP contribution in [0.2, 0.25) is 0 Å². The predicted molar refractivity (Wildman–Crippen MR) is 122 cm³/mol. The second-order valence-electron chi connectivity index (χ2n) is 6.70. The molecule has 5 N–H and O–H groups in total. The molecule has 0 saturated heterocycles. The first-order valence-corrected chi connectivity index (χ1v) is 10.2. The van der Waals surface area contributed by atoms with E-state index >= 15 is 0 Å². The number of benzene rings is 1. The van der Waals surface area contributed by atoms with E-state index in [-0.39, 0.29) is 0 Å². The van der Waals surface area contributed by atoms with Gasteiger partial charge in [0, 0.05) is 35.5 Å². The van der Waals surface area contributed by atoms with Crippen LogP contribution in [0.5, 0.6) is 5.75 Å². The summed E-state index contributed by atoms with van der Waals surface area (Å²) in [6, 6.07) is 3.54. The third-order valence-electron chi connectivity index (χ3n) is 4.91. The summed E-state index contributed by atoms with van der Waals surface area (Å²) < 4.78 is 5.46. The van der Waals surface area contributed by atoms with Crippen LogP contribution in [-0.4, -0.2) is 42.3 Å². The number of thiophene rings is 1. The normalized spacial score (nSPS) is 14.5. The fourth-order valence-corrected chi connectivity index (χ4v) is 4.85. The van der Waals surface area contributed by atoms with E-state index < -0.39 is 0 Å². The Bertz CT molecular complexity index is 1020. The molecule has 1 atom stereocenters. The molecule has 0 aliphatic heterocycles. The Kier molecular flexibility index (Phi) is 8.25. The molecule has 4 rings (SSSR count). The Morgan fingerprint density at radius 2 is 2.10 bits per heavy atom. The van der Waals surface area contributed by atoms with Crippen molar-refractivity contribution in [2.75, 3.05) is 25.3 Å². The third kappa shape index (κ3) is 4.58. The lowest BCUT2D eigenvalue weighted by Crippen LogP contribution is -2.09. The number of nitrogens with one attached hydrogen (secondary N) is 2. The van der Waals surface area contributed by atoms with Crippen molar-refractivity contribution in [1.82, 2.24) is 9.97 Å². The molecule has 2 heterocycles. The minimum atomic E-state index is 0.511. The molecule has 0 fully saturated rings. The van der Waals surface area contributed by atoms with Gasteiger partial charge >= 0.3 is 0 Å². The van der Waals surface area contributed by atoms with Crippen LogP contribution in [0.25, 0.3) is 10.2 Å². The Balaban J connectivity index is 0.000000757. The first kappa shape index (κ1) is 23.2. The molecule has 9 heteroatoms. The molecule has 0 bridgehead atoms. The van der Waals surface area contributed by atoms with Gasteiger partial charge in [-0.3, -0.25) is 0 Å². The van der Waals surface area contributed by atoms with Crippen molar-refractivity contribution in [2.45, 2.75) is 26.2 Å². The number of hydrogen-bond donors (Lipinski definition) is 4. The lowest BCUT2D eigenvalue weighted by molar-refractivity contribution is -0.0979. The lowest BCUT2D eigenvalue weighted by Gasteiger charge is -2.18. The number of hydrogen-bond acceptors (Lipinski definition) is 9. The van der Waals surface area contributed by atoms with Crippen LogP contribution in [0.15, 0.2) is 18.5 Å². The number of methoxy groups -OCH3 is 1. The van der Waals surface area contributed by atoms with E-state index in [1.54, 1.807) is 30.8 Å². The molecule has 1 unspecified atom stereocenters. The number of aliphatic hydroxyl groups is 1. The molecule has 3 aromatic rings. The highest BCUT2D eigenvalue weighted by atomic mass is 32.1. The summed E-state index contributed by atoms with van der Waals surface area (Å²) in [5.74, 6) is 2.12. The van der Waals surface area contributed by atoms with E-state index in [9.17, 15) is 0 Å². The zero-order valence-electron chi connectivity index (χ0n) is 17.4. The van der Waals surface area contributed by atoms with Gasteiger partial charge in [0.05, 0.1) is 18.2 Å². The Labute approximate surface area is 179 Å². The predicted octanol–water partition coefficient (Wildman–Crippen LogP) is 3.57. The Morgan fingerprint density at radius 3 is 2.77 bits per heavy atom. The van der Waals surface area contributed by atoms with Gasteiger partial charge in [0.15, 0.2) is 0 Å². The number of carbonyl (C=O) groups is 1. The fraction of sp³-hybridized carbons (Fsp3) is 0.333. The summed E-state index contributed by atoms with van der Waals surface area (Å²) >= 11 is 1.77. The summed E-state index contributed by atoms with van der Waals surface area (Å²) in [5.41, 5.74) is 9.22. The summed E-state index contributed by atoms with van der Waals surface area (Å²) in [4.78, 5) is 19.4. The van der Waals surface area contributed by atoms with Crippen LogP contribution >= 0.6 is 11.3 Å². The largest absolute Gasteiger partial charge is 0.494 e. The summed E-state index contributed by atoms with van der Waals surface area (Å²) in [6.45, 7) is 4.30. The van der Waals surface area contributed by atoms with E-state index in [4.69, 9.17) is 25.8 Å². The van der Waals surface area contributed by atoms with Crippen molar-refractivity contribution in [2.24, 2.45) is 5.92 Å². The third-order valence-corrected chi connectivity index (χ3v) is 6.07. The van der Waals surface area contributed by atoms with Crippen molar-refractivity contribution in [1.29, 1.82) is 5.41 Å². The average Bonchev–Trinajstić information content (AvgIpc) is 3.15. The molecule has 1 aliphatic rings. The number of carbonyl (C=O) groups excluding carboxylic acids is 1. The van der Waals surface area contributed by atoms with E-state index in [1.165, 1.54) is 23.1 Å². The number of nitrogens with zero attached hydrogens (tertiary/aromatic N) is 2. The molecule has 0 spiro atoms. The van der Waals surface area contributed by atoms with E-state index in [0.29, 0.717) is 22.9 Å². The molecule has 1 aromatic carbocycles. The topological polar surface area (TPSA) is 134 Å². The smallest absolute Gasteiger partial charge is 0.144 e. The lowest BCUT2D eigenvalue weighted by atomic mass is 9.89. The fourth-order valence-electron chi connectivity index (χ4n) is 3.50. The first-order valence-electron chi connectivity index (χ1n) is 9.34. The molecule has 160 valence electrons. The minimum Gasteiger partial charge on any atom is -0.494 e. The molecule has 2 aromatic heterocycles. The number of rotatable bonds is 4. The van der Waals surface area contributed by atoms with Gasteiger partial charge in [-0.25, -0.2) is 9.97 Å². The van der Waals surface area contributed by atoms with Crippen LogP contribution in [0.4, 0.5) is 17.2 Å². The number of nitrogen functional groups attached to an aromatic ring is 1. The zero-order valence-corrected chi connectivity index (χ0v) is 18.2. The van der Waals surface area contributed by atoms with Gasteiger partial charge in [-0.15, -0.1) is 11.3 Å². The number of aliphatic hydroxyl groups excluding tert-OH is 1. The van der Waals surface area contributed by atoms with Crippen molar-refractivity contribution in [3.8, 4) is 5.75 Å². The standard InChI is InChI=1S/C19H21N5OS.CH4O.CH2O/c1-10-3-4-12-16(5-10)26-19-17(12)18(22-9-23-19)24-14-6-11(8-20)13(21)7-15(14)25-2;2*1-2/h6-10,20H,3-5,21H2,1-2H3,(H,22,23,24);2H,1H3;1H2. The van der Waals surface area contributed by atoms with Gasteiger partial charge in [-0.05, 0) is 36.8 Å². The number of anilines is 3. The van der Waals surface area contributed by atoms with Crippen molar-refractivity contribution in [3.05, 3.63) is 34.5 Å². The highest BCUT2D eigenvalue weighted by Crippen LogP contribution is 2.41. The van der Waals surface area contributed by atoms with Crippen LogP contribution < -0.4 is 15.8 Å². The van der Waals surface area contributed by atoms with Crippen molar-refractivity contribution >= 4 is 51.7 Å². The number of nitrogens with two attached hydrogens (primary N) is 1. The maximum atomic E-state index is 8.00. The van der Waals surface area contributed by atoms with Crippen molar-refractivity contribution in [3.63, 3.8) is 0 Å². The van der Waals surface area contributed by atoms with Gasteiger partial charge in [0.1, 0.15) is 29.5 Å². The average molecular weight is 430 g/mol. The van der Waals surface area contributed by atoms with Gasteiger partial charge in [-0.2, -0.15) is 0 Å². The van der Waals surface area contributed by atoms with Crippen LogP contribution in [0.3, 0.4) is 0 Å². The van der Waals surface area contributed by atoms with E-state index in [0.717, 1.165) is 41.7 Å². The maximum Gasteiger partial charge on any atom is 0.144 e. The maximum absolute atomic E-state index is 8.00. The van der Waals surface area contributed by atoms with Gasteiger partial charge in [0.25, 0.3) is 0 Å². The van der Waals surface area contributed by atoms with E-state index in [2.05, 4.69) is 22.2 Å². The Hall–Kier alpha value is -3.04. The van der Waals surface area contributed by atoms with Gasteiger partial charge in [-0.1, -0.05) is 6.92 Å². The molecule has 0 amide bonds. The second kappa shape index (κ2) is 10.7. The molecule has 0 saturated carbocycles. The van der Waals surface area contributed by atoms with Crippen LogP contribution in [0.1, 0.15) is 29.3 Å². The monoisotopic (exact) mass is 429 g/mol. The van der Waals surface area contributed by atoms with E-state index in [1.807, 2.05) is 12.9 Å². The molecular weight excluding hydrogens is 402 g/mol. The van der Waals surface area contributed by atoms with Crippen LogP contribution in [0, 0.1) is 11.3 Å². The zero-order chi connectivity index (χ0) is 22.3. The summed E-state index contributed by atoms with van der Waals surface area (Å²) in [6.07, 6.45) is 6.19. The second-order valence-corrected chi connectivity index (χ2v) is 7.79. The first-order chi connectivity index (χ1) is 14.6. The number of aryl methyl sites for hydroxylation is 1. The highest BCUT2D eigenvalue weighted by molar-refractivity contribution is 7.19. The summed E-state index contributed by atoms with van der Waals surface area (Å²) in [5, 5.41) is 19.0. The quantitative estimate of drug-likeness (QED) is 0.368. The van der Waals surface area contributed by atoms with Crippen molar-refractivity contribution < 1.29 is 14.6 Å². The SMILES string of the molecule is C=O.CO.COc1cc(N)c(C=N)cc1Nc1ncnc2sc3c(c12)CCC(C)C3.